The maximum absolute atomic E-state index is 12.2. The third kappa shape index (κ3) is 4.06. The van der Waals surface area contributed by atoms with E-state index in [4.69, 9.17) is 16.0 Å². The number of carbonyl (C=O) groups excluding carboxylic acids is 1. The molecule has 0 saturated heterocycles. The predicted molar refractivity (Wildman–Crippen MR) is 84.4 cm³/mol. The number of aromatic nitrogens is 1. The Morgan fingerprint density at radius 3 is 2.95 bits per heavy atom. The molecule has 7 heteroatoms. The van der Waals surface area contributed by atoms with Crippen molar-refractivity contribution in [2.45, 2.75) is 6.04 Å². The first-order valence-electron chi connectivity index (χ1n) is 6.28. The van der Waals surface area contributed by atoms with E-state index in [1.54, 1.807) is 18.5 Å². The van der Waals surface area contributed by atoms with Crippen molar-refractivity contribution >= 4 is 33.4 Å². The van der Waals surface area contributed by atoms with Crippen LogP contribution in [0, 0.1) is 0 Å². The summed E-state index contributed by atoms with van der Waals surface area (Å²) in [6.45, 7) is 0.405. The van der Waals surface area contributed by atoms with E-state index in [1.807, 2.05) is 31.1 Å². The molecule has 0 aliphatic carbocycles. The van der Waals surface area contributed by atoms with Crippen LogP contribution in [0.4, 0.5) is 0 Å². The molecular formula is C14H15BrClN3O2. The normalized spacial score (nSPS) is 12.4. The number of likely N-dealkylation sites (N-methyl/N-ethyl adjacent to an activating group) is 1. The molecule has 0 saturated carbocycles. The predicted octanol–water partition coefficient (Wildman–Crippen LogP) is 3.12. The lowest BCUT2D eigenvalue weighted by atomic mass is 10.2. The molecule has 2 aromatic rings. The zero-order valence-electron chi connectivity index (χ0n) is 11.6. The molecule has 1 amide bonds. The van der Waals surface area contributed by atoms with Crippen LogP contribution in [0.5, 0.6) is 0 Å². The summed E-state index contributed by atoms with van der Waals surface area (Å²) in [5.41, 5.74) is 0.336. The second-order valence-corrected chi connectivity index (χ2v) is 5.97. The topological polar surface area (TPSA) is 58.4 Å². The number of rotatable bonds is 5. The number of nitrogens with one attached hydrogen (secondary N) is 1. The summed E-state index contributed by atoms with van der Waals surface area (Å²) in [7, 11) is 3.85. The van der Waals surface area contributed by atoms with Gasteiger partial charge in [-0.2, -0.15) is 0 Å². The van der Waals surface area contributed by atoms with Crippen LogP contribution in [0.1, 0.15) is 22.2 Å². The SMILES string of the molecule is CN(C)C(CNC(=O)c1cc(Br)cnc1Cl)c1ccco1. The first kappa shape index (κ1) is 16.0. The van der Waals surface area contributed by atoms with Crippen molar-refractivity contribution in [3.8, 4) is 0 Å². The lowest BCUT2D eigenvalue weighted by molar-refractivity contribution is 0.0939. The lowest BCUT2D eigenvalue weighted by Gasteiger charge is -2.22. The molecule has 0 aromatic carbocycles. The standard InChI is InChI=1S/C14H15BrClN3O2/c1-19(2)11(12-4-3-5-21-12)8-18-14(20)10-6-9(15)7-17-13(10)16/h3-7,11H,8H2,1-2H3,(H,18,20). The van der Waals surface area contributed by atoms with Gasteiger partial charge in [-0.15, -0.1) is 0 Å². The maximum atomic E-state index is 12.2. The van der Waals surface area contributed by atoms with E-state index in [1.165, 1.54) is 0 Å². The van der Waals surface area contributed by atoms with Crippen LogP contribution >= 0.6 is 27.5 Å². The first-order chi connectivity index (χ1) is 9.99. The molecule has 1 atom stereocenters. The molecule has 0 fully saturated rings. The fourth-order valence-electron chi connectivity index (χ4n) is 1.88. The second-order valence-electron chi connectivity index (χ2n) is 4.70. The third-order valence-electron chi connectivity index (χ3n) is 3.00. The van der Waals surface area contributed by atoms with Gasteiger partial charge in [-0.25, -0.2) is 4.98 Å². The number of hydrogen-bond acceptors (Lipinski definition) is 4. The van der Waals surface area contributed by atoms with Gasteiger partial charge < -0.3 is 9.73 Å². The van der Waals surface area contributed by atoms with Gasteiger partial charge in [0.2, 0.25) is 0 Å². The number of halogens is 2. The summed E-state index contributed by atoms with van der Waals surface area (Å²) < 4.78 is 6.10. The Hall–Kier alpha value is -1.37. The molecule has 2 rings (SSSR count). The molecule has 2 heterocycles. The van der Waals surface area contributed by atoms with Gasteiger partial charge >= 0.3 is 0 Å². The number of nitrogens with zero attached hydrogens (tertiary/aromatic N) is 2. The first-order valence-corrected chi connectivity index (χ1v) is 7.45. The second kappa shape index (κ2) is 7.06. The largest absolute Gasteiger partial charge is 0.468 e. The molecule has 5 nitrogen and oxygen atoms in total. The Labute approximate surface area is 136 Å². The maximum Gasteiger partial charge on any atom is 0.254 e. The Bertz CT molecular complexity index is 617. The Morgan fingerprint density at radius 1 is 1.57 bits per heavy atom. The molecule has 1 N–H and O–H groups in total. The van der Waals surface area contributed by atoms with Crippen LogP contribution in [0.2, 0.25) is 5.15 Å². The molecule has 0 aliphatic heterocycles. The van der Waals surface area contributed by atoms with Crippen molar-refractivity contribution in [1.29, 1.82) is 0 Å². The van der Waals surface area contributed by atoms with E-state index in [2.05, 4.69) is 26.2 Å². The molecule has 0 radical (unpaired) electrons. The van der Waals surface area contributed by atoms with Gasteiger partial charge in [0.15, 0.2) is 0 Å². The average Bonchev–Trinajstić information content (AvgIpc) is 2.95. The Balaban J connectivity index is 2.07. The average molecular weight is 373 g/mol. The highest BCUT2D eigenvalue weighted by Gasteiger charge is 2.19. The molecule has 112 valence electrons. The van der Waals surface area contributed by atoms with Crippen LogP contribution in [0.3, 0.4) is 0 Å². The number of carbonyl (C=O) groups is 1. The van der Waals surface area contributed by atoms with Gasteiger partial charge in [-0.1, -0.05) is 11.6 Å². The molecule has 1 unspecified atom stereocenters. The molecule has 0 spiro atoms. The van der Waals surface area contributed by atoms with Crippen molar-refractivity contribution in [2.75, 3.05) is 20.6 Å². The zero-order valence-corrected chi connectivity index (χ0v) is 14.0. The van der Waals surface area contributed by atoms with Gasteiger partial charge in [0.25, 0.3) is 5.91 Å². The van der Waals surface area contributed by atoms with E-state index < -0.39 is 0 Å². The monoisotopic (exact) mass is 371 g/mol. The zero-order chi connectivity index (χ0) is 15.4. The molecular weight excluding hydrogens is 358 g/mol. The summed E-state index contributed by atoms with van der Waals surface area (Å²) in [5.74, 6) is 0.519. The smallest absolute Gasteiger partial charge is 0.254 e. The fraction of sp³-hybridized carbons (Fsp3) is 0.286. The summed E-state index contributed by atoms with van der Waals surface area (Å²) in [6.07, 6.45) is 3.16. The molecule has 0 aliphatic rings. The summed E-state index contributed by atoms with van der Waals surface area (Å²) in [5, 5.41) is 3.03. The molecule has 2 aromatic heterocycles. The third-order valence-corrected chi connectivity index (χ3v) is 3.74. The highest BCUT2D eigenvalue weighted by molar-refractivity contribution is 9.10. The van der Waals surface area contributed by atoms with E-state index in [0.717, 1.165) is 5.76 Å². The molecule has 21 heavy (non-hydrogen) atoms. The van der Waals surface area contributed by atoms with E-state index in [-0.39, 0.29) is 17.1 Å². The number of hydrogen-bond donors (Lipinski definition) is 1. The van der Waals surface area contributed by atoms with Gasteiger partial charge in [-0.05, 0) is 48.2 Å². The minimum atomic E-state index is -0.271. The number of furan rings is 1. The Kier molecular flexibility index (Phi) is 5.39. The van der Waals surface area contributed by atoms with E-state index in [0.29, 0.717) is 16.6 Å². The highest BCUT2D eigenvalue weighted by atomic mass is 79.9. The van der Waals surface area contributed by atoms with E-state index >= 15 is 0 Å². The van der Waals surface area contributed by atoms with Crippen molar-refractivity contribution < 1.29 is 9.21 Å². The summed E-state index contributed by atoms with van der Waals surface area (Å²) >= 11 is 9.22. The minimum absolute atomic E-state index is 0.0529. The van der Waals surface area contributed by atoms with Gasteiger partial charge in [-0.3, -0.25) is 9.69 Å². The van der Waals surface area contributed by atoms with Crippen LogP contribution in [-0.4, -0.2) is 36.4 Å². The highest BCUT2D eigenvalue weighted by Crippen LogP contribution is 2.20. The summed E-state index contributed by atoms with van der Waals surface area (Å²) in [4.78, 5) is 18.1. The van der Waals surface area contributed by atoms with Crippen molar-refractivity contribution in [2.24, 2.45) is 0 Å². The van der Waals surface area contributed by atoms with E-state index in [9.17, 15) is 4.79 Å². The number of pyridine rings is 1. The number of amides is 1. The van der Waals surface area contributed by atoms with Crippen LogP contribution < -0.4 is 5.32 Å². The van der Waals surface area contributed by atoms with Crippen molar-refractivity contribution in [1.82, 2.24) is 15.2 Å². The molecule has 0 bridgehead atoms. The van der Waals surface area contributed by atoms with Crippen LogP contribution in [0.25, 0.3) is 0 Å². The lowest BCUT2D eigenvalue weighted by Crippen LogP contribution is -2.34. The van der Waals surface area contributed by atoms with Gasteiger partial charge in [0.1, 0.15) is 10.9 Å². The van der Waals surface area contributed by atoms with Crippen molar-refractivity contribution in [3.63, 3.8) is 0 Å². The van der Waals surface area contributed by atoms with Gasteiger partial charge in [0, 0.05) is 17.2 Å². The summed E-state index contributed by atoms with van der Waals surface area (Å²) in [6, 6.07) is 5.29. The van der Waals surface area contributed by atoms with Crippen LogP contribution in [0.15, 0.2) is 39.5 Å². The minimum Gasteiger partial charge on any atom is -0.468 e. The Morgan fingerprint density at radius 2 is 2.33 bits per heavy atom. The van der Waals surface area contributed by atoms with Crippen LogP contribution in [-0.2, 0) is 0 Å². The van der Waals surface area contributed by atoms with Gasteiger partial charge in [0.05, 0.1) is 17.9 Å². The quantitative estimate of drug-likeness (QED) is 0.819. The van der Waals surface area contributed by atoms with Crippen molar-refractivity contribution in [3.05, 3.63) is 51.6 Å². The fourth-order valence-corrected chi connectivity index (χ4v) is 2.41.